The predicted octanol–water partition coefficient (Wildman–Crippen LogP) is 0.192. The van der Waals surface area contributed by atoms with E-state index < -0.39 is 0 Å². The largest absolute Gasteiger partial charge is 0.392 e. The van der Waals surface area contributed by atoms with Crippen molar-refractivity contribution < 1.29 is 5.11 Å². The Bertz CT molecular complexity index is 42.7. The molecule has 7 heavy (non-hydrogen) atoms. The Balaban J connectivity index is 2.83. The summed E-state index contributed by atoms with van der Waals surface area (Å²) < 4.78 is 2.56. The lowest BCUT2D eigenvalue weighted by atomic mass is 10.3. The minimum atomic E-state index is -0.238. The maximum absolute atomic E-state index is 8.75. The predicted molar refractivity (Wildman–Crippen MR) is 33.3 cm³/mol. The van der Waals surface area contributed by atoms with Crippen LogP contribution >= 0.6 is 12.8 Å². The average molecular weight is 121 g/mol. The topological polar surface area (TPSA) is 32.3 Å². The molecule has 0 fully saturated rings. The van der Waals surface area contributed by atoms with E-state index in [2.05, 4.69) is 17.5 Å². The van der Waals surface area contributed by atoms with Crippen LogP contribution in [0.4, 0.5) is 0 Å². The molecule has 0 aromatic carbocycles. The lowest BCUT2D eigenvalue weighted by molar-refractivity contribution is 0.175. The fourth-order valence-electron chi connectivity index (χ4n) is 0.250. The van der Waals surface area contributed by atoms with Crippen molar-refractivity contribution in [1.29, 1.82) is 0 Å². The summed E-state index contributed by atoms with van der Waals surface area (Å²) >= 11 is 3.70. The highest BCUT2D eigenvalue weighted by molar-refractivity contribution is 7.78. The third-order valence-electron chi connectivity index (χ3n) is 0.798. The first-order valence-corrected chi connectivity index (χ1v) is 2.81. The highest BCUT2D eigenvalue weighted by Gasteiger charge is 1.94. The SMILES string of the molecule is CCC(O)CNS. The van der Waals surface area contributed by atoms with Crippen LogP contribution in [0.1, 0.15) is 13.3 Å². The molecule has 0 spiro atoms. The molecule has 0 aromatic rings. The Morgan fingerprint density at radius 3 is 2.57 bits per heavy atom. The smallest absolute Gasteiger partial charge is 0.0671 e. The zero-order chi connectivity index (χ0) is 5.70. The van der Waals surface area contributed by atoms with Crippen LogP contribution in [0.2, 0.25) is 0 Å². The standard InChI is InChI=1S/C4H11NOS/c1-2-4(6)3-5-7/h4-7H,2-3H2,1H3. The lowest BCUT2D eigenvalue weighted by Gasteiger charge is -2.02. The Labute approximate surface area is 49.5 Å². The van der Waals surface area contributed by atoms with Gasteiger partial charge in [-0.3, -0.25) is 4.72 Å². The first-order valence-electron chi connectivity index (χ1n) is 2.36. The maximum Gasteiger partial charge on any atom is 0.0671 e. The number of hydrogen-bond donors (Lipinski definition) is 3. The van der Waals surface area contributed by atoms with Gasteiger partial charge in [-0.1, -0.05) is 19.7 Å². The Hall–Kier alpha value is 0.270. The van der Waals surface area contributed by atoms with Crippen molar-refractivity contribution in [2.75, 3.05) is 6.54 Å². The molecule has 0 aliphatic rings. The molecule has 0 amide bonds. The summed E-state index contributed by atoms with van der Waals surface area (Å²) in [6, 6.07) is 0. The van der Waals surface area contributed by atoms with Crippen LogP contribution in [0.15, 0.2) is 0 Å². The van der Waals surface area contributed by atoms with E-state index in [1.807, 2.05) is 6.92 Å². The molecule has 2 N–H and O–H groups in total. The van der Waals surface area contributed by atoms with Gasteiger partial charge in [0.15, 0.2) is 0 Å². The van der Waals surface area contributed by atoms with Gasteiger partial charge in [0.05, 0.1) is 6.10 Å². The molecule has 0 saturated heterocycles. The van der Waals surface area contributed by atoms with Crippen molar-refractivity contribution in [1.82, 2.24) is 4.72 Å². The zero-order valence-electron chi connectivity index (χ0n) is 4.39. The van der Waals surface area contributed by atoms with Gasteiger partial charge in [-0.15, -0.1) is 0 Å². The van der Waals surface area contributed by atoms with Gasteiger partial charge in [0.25, 0.3) is 0 Å². The van der Waals surface area contributed by atoms with Gasteiger partial charge >= 0.3 is 0 Å². The zero-order valence-corrected chi connectivity index (χ0v) is 5.28. The molecule has 44 valence electrons. The number of aliphatic hydroxyl groups is 1. The minimum absolute atomic E-state index is 0.238. The summed E-state index contributed by atoms with van der Waals surface area (Å²) in [5.74, 6) is 0. The molecule has 0 saturated carbocycles. The molecule has 0 bridgehead atoms. The van der Waals surface area contributed by atoms with E-state index in [4.69, 9.17) is 5.11 Å². The van der Waals surface area contributed by atoms with Crippen LogP contribution in [0.3, 0.4) is 0 Å². The van der Waals surface area contributed by atoms with Crippen molar-refractivity contribution in [3.63, 3.8) is 0 Å². The van der Waals surface area contributed by atoms with E-state index in [-0.39, 0.29) is 6.10 Å². The van der Waals surface area contributed by atoms with Gasteiger partial charge in [0.1, 0.15) is 0 Å². The molecular weight excluding hydrogens is 110 g/mol. The van der Waals surface area contributed by atoms with E-state index >= 15 is 0 Å². The molecular formula is C4H11NOS. The number of thiol groups is 1. The van der Waals surface area contributed by atoms with Crippen molar-refractivity contribution >= 4 is 12.8 Å². The Morgan fingerprint density at radius 1 is 1.86 bits per heavy atom. The van der Waals surface area contributed by atoms with Crippen molar-refractivity contribution in [2.45, 2.75) is 19.4 Å². The van der Waals surface area contributed by atoms with Gasteiger partial charge in [-0.05, 0) is 6.42 Å². The van der Waals surface area contributed by atoms with Crippen molar-refractivity contribution in [2.24, 2.45) is 0 Å². The molecule has 2 nitrogen and oxygen atoms in total. The van der Waals surface area contributed by atoms with Crippen LogP contribution in [-0.4, -0.2) is 17.8 Å². The fraction of sp³-hybridized carbons (Fsp3) is 1.00. The van der Waals surface area contributed by atoms with E-state index in [1.165, 1.54) is 0 Å². The van der Waals surface area contributed by atoms with E-state index in [0.717, 1.165) is 6.42 Å². The summed E-state index contributed by atoms with van der Waals surface area (Å²) in [5, 5.41) is 8.75. The Morgan fingerprint density at radius 2 is 2.43 bits per heavy atom. The molecule has 0 radical (unpaired) electrons. The van der Waals surface area contributed by atoms with Crippen molar-refractivity contribution in [3.05, 3.63) is 0 Å². The van der Waals surface area contributed by atoms with Gasteiger partial charge in [-0.25, -0.2) is 0 Å². The van der Waals surface area contributed by atoms with E-state index in [9.17, 15) is 0 Å². The van der Waals surface area contributed by atoms with Crippen LogP contribution in [0, 0.1) is 0 Å². The highest BCUT2D eigenvalue weighted by Crippen LogP contribution is 1.85. The maximum atomic E-state index is 8.75. The second-order valence-corrected chi connectivity index (χ2v) is 1.74. The summed E-state index contributed by atoms with van der Waals surface area (Å²) in [6.45, 7) is 2.50. The first kappa shape index (κ1) is 7.27. The Kier molecular flexibility index (Phi) is 4.60. The lowest BCUT2D eigenvalue weighted by Crippen LogP contribution is -2.18. The number of hydrogen-bond acceptors (Lipinski definition) is 3. The normalized spacial score (nSPS) is 14.1. The summed E-state index contributed by atoms with van der Waals surface area (Å²) in [6.07, 6.45) is 0.547. The first-order chi connectivity index (χ1) is 3.31. The molecule has 0 aliphatic heterocycles. The molecule has 1 atom stereocenters. The molecule has 0 rings (SSSR count). The summed E-state index contributed by atoms with van der Waals surface area (Å²) in [7, 11) is 0. The van der Waals surface area contributed by atoms with Crippen LogP contribution < -0.4 is 4.72 Å². The summed E-state index contributed by atoms with van der Waals surface area (Å²) in [4.78, 5) is 0. The highest BCUT2D eigenvalue weighted by atomic mass is 32.1. The van der Waals surface area contributed by atoms with Crippen molar-refractivity contribution in [3.8, 4) is 0 Å². The van der Waals surface area contributed by atoms with E-state index in [0.29, 0.717) is 6.54 Å². The third kappa shape index (κ3) is 4.12. The van der Waals surface area contributed by atoms with Gasteiger partial charge in [0, 0.05) is 6.54 Å². The van der Waals surface area contributed by atoms with Crippen LogP contribution in [0.5, 0.6) is 0 Å². The van der Waals surface area contributed by atoms with Crippen LogP contribution in [-0.2, 0) is 0 Å². The van der Waals surface area contributed by atoms with Gasteiger partial charge < -0.3 is 5.11 Å². The van der Waals surface area contributed by atoms with Crippen LogP contribution in [0.25, 0.3) is 0 Å². The molecule has 0 aliphatic carbocycles. The quantitative estimate of drug-likeness (QED) is 0.466. The number of nitrogens with one attached hydrogen (secondary N) is 1. The molecule has 0 aromatic heterocycles. The second kappa shape index (κ2) is 4.43. The minimum Gasteiger partial charge on any atom is -0.392 e. The average Bonchev–Trinajstić information content (AvgIpc) is 1.68. The summed E-state index contributed by atoms with van der Waals surface area (Å²) in [5.41, 5.74) is 0. The fourth-order valence-corrected chi connectivity index (χ4v) is 0.460. The molecule has 1 unspecified atom stereocenters. The second-order valence-electron chi connectivity index (χ2n) is 1.42. The van der Waals surface area contributed by atoms with E-state index in [1.54, 1.807) is 0 Å². The molecule has 3 heteroatoms. The third-order valence-corrected chi connectivity index (χ3v) is 0.981. The van der Waals surface area contributed by atoms with Gasteiger partial charge in [-0.2, -0.15) is 0 Å². The van der Waals surface area contributed by atoms with Gasteiger partial charge in [0.2, 0.25) is 0 Å². The monoisotopic (exact) mass is 121 g/mol. The molecule has 0 heterocycles. The number of aliphatic hydroxyl groups excluding tert-OH is 1. The number of rotatable bonds is 3.